The number of ether oxygens (including phenoxy) is 1. The van der Waals surface area contributed by atoms with Gasteiger partial charge < -0.3 is 20.3 Å². The molecule has 1 heterocycles. The van der Waals surface area contributed by atoms with E-state index in [-0.39, 0.29) is 24.0 Å². The third kappa shape index (κ3) is 3.38. The van der Waals surface area contributed by atoms with Crippen LogP contribution in [0.3, 0.4) is 0 Å². The molecular formula is C18H23NO5. The van der Waals surface area contributed by atoms with E-state index >= 15 is 0 Å². The van der Waals surface area contributed by atoms with Crippen LogP contribution in [-0.2, 0) is 20.7 Å². The fourth-order valence-electron chi connectivity index (χ4n) is 3.85. The van der Waals surface area contributed by atoms with Gasteiger partial charge in [0.15, 0.2) is 0 Å². The van der Waals surface area contributed by atoms with Crippen molar-refractivity contribution >= 4 is 11.9 Å². The number of rotatable bonds is 4. The normalized spacial score (nSPS) is 22.4. The first-order chi connectivity index (χ1) is 11.5. The van der Waals surface area contributed by atoms with Crippen LogP contribution in [0.4, 0.5) is 0 Å². The number of hydrogen-bond acceptors (Lipinski definition) is 4. The molecule has 1 aromatic carbocycles. The van der Waals surface area contributed by atoms with E-state index in [4.69, 9.17) is 4.74 Å². The zero-order valence-electron chi connectivity index (χ0n) is 13.6. The Morgan fingerprint density at radius 1 is 1.29 bits per heavy atom. The molecule has 3 rings (SSSR count). The molecule has 130 valence electrons. The molecule has 3 N–H and O–H groups in total. The van der Waals surface area contributed by atoms with Crippen LogP contribution < -0.4 is 5.32 Å². The van der Waals surface area contributed by atoms with Crippen molar-refractivity contribution in [2.45, 2.75) is 50.0 Å². The smallest absolute Gasteiger partial charge is 0.305 e. The van der Waals surface area contributed by atoms with Crippen molar-refractivity contribution in [3.05, 3.63) is 29.3 Å². The third-order valence-electron chi connectivity index (χ3n) is 5.13. The summed E-state index contributed by atoms with van der Waals surface area (Å²) < 4.78 is 5.33. The first-order valence-corrected chi connectivity index (χ1v) is 8.43. The highest BCUT2D eigenvalue weighted by atomic mass is 16.5. The number of hydrogen-bond donors (Lipinski definition) is 3. The van der Waals surface area contributed by atoms with E-state index in [1.807, 2.05) is 6.07 Å². The molecular weight excluding hydrogens is 310 g/mol. The molecule has 1 aliphatic heterocycles. The molecule has 1 atom stereocenters. The molecule has 1 aromatic rings. The van der Waals surface area contributed by atoms with E-state index in [0.29, 0.717) is 32.5 Å². The van der Waals surface area contributed by atoms with E-state index in [9.17, 15) is 19.8 Å². The van der Waals surface area contributed by atoms with Gasteiger partial charge in [-0.3, -0.25) is 9.59 Å². The molecule has 1 fully saturated rings. The predicted octanol–water partition coefficient (Wildman–Crippen LogP) is 1.95. The zero-order chi connectivity index (χ0) is 17.2. The van der Waals surface area contributed by atoms with Gasteiger partial charge in [0.2, 0.25) is 5.91 Å². The average molecular weight is 333 g/mol. The molecule has 6 nitrogen and oxygen atoms in total. The van der Waals surface area contributed by atoms with Gasteiger partial charge in [0.1, 0.15) is 5.75 Å². The maximum Gasteiger partial charge on any atom is 0.305 e. The van der Waals surface area contributed by atoms with Gasteiger partial charge in [0, 0.05) is 13.2 Å². The third-order valence-corrected chi connectivity index (χ3v) is 5.13. The number of aromatic hydroxyl groups is 1. The first-order valence-electron chi connectivity index (χ1n) is 8.43. The summed E-state index contributed by atoms with van der Waals surface area (Å²) in [6, 6.07) is 5.27. The highest BCUT2D eigenvalue weighted by Crippen LogP contribution is 2.37. The van der Waals surface area contributed by atoms with E-state index < -0.39 is 11.5 Å². The summed E-state index contributed by atoms with van der Waals surface area (Å²) in [5.74, 6) is -1.17. The summed E-state index contributed by atoms with van der Waals surface area (Å²) in [6.07, 6.45) is 3.22. The maximum atomic E-state index is 12.9. The number of phenols is 1. The predicted molar refractivity (Wildman–Crippen MR) is 87.0 cm³/mol. The molecule has 0 saturated carbocycles. The second-order valence-corrected chi connectivity index (χ2v) is 6.74. The van der Waals surface area contributed by atoms with Crippen molar-refractivity contribution in [2.75, 3.05) is 13.2 Å². The summed E-state index contributed by atoms with van der Waals surface area (Å²) in [7, 11) is 0. The number of nitrogens with one attached hydrogen (secondary N) is 1. The molecule has 0 radical (unpaired) electrons. The highest BCUT2D eigenvalue weighted by molar-refractivity contribution is 5.86. The standard InChI is InChI=1S/C18H23NO5/c20-15-6-2-3-12-13(15)4-1-5-14(12)17(23)19-18(11-16(21)22)7-9-24-10-8-18/h2-3,6,14,20H,1,4-5,7-11H2,(H,19,23)(H,21,22). The second kappa shape index (κ2) is 6.81. The second-order valence-electron chi connectivity index (χ2n) is 6.74. The number of fused-ring (bicyclic) bond motifs is 1. The molecule has 2 aliphatic rings. The van der Waals surface area contributed by atoms with Gasteiger partial charge in [-0.1, -0.05) is 12.1 Å². The number of amides is 1. The number of aliphatic carboxylic acids is 1. The van der Waals surface area contributed by atoms with Crippen LogP contribution in [0.15, 0.2) is 18.2 Å². The lowest BCUT2D eigenvalue weighted by Crippen LogP contribution is -2.54. The SMILES string of the molecule is O=C(O)CC1(NC(=O)C2CCCc3c(O)cccc32)CCOCC1. The average Bonchev–Trinajstić information content (AvgIpc) is 2.54. The summed E-state index contributed by atoms with van der Waals surface area (Å²) in [6.45, 7) is 0.908. The fourth-order valence-corrected chi connectivity index (χ4v) is 3.85. The van der Waals surface area contributed by atoms with Gasteiger partial charge in [-0.05, 0) is 49.3 Å². The highest BCUT2D eigenvalue weighted by Gasteiger charge is 2.39. The van der Waals surface area contributed by atoms with Crippen LogP contribution >= 0.6 is 0 Å². The summed E-state index contributed by atoms with van der Waals surface area (Å²) >= 11 is 0. The zero-order valence-corrected chi connectivity index (χ0v) is 13.6. The van der Waals surface area contributed by atoms with E-state index in [2.05, 4.69) is 5.32 Å². The van der Waals surface area contributed by atoms with E-state index in [1.54, 1.807) is 12.1 Å². The minimum atomic E-state index is -0.918. The van der Waals surface area contributed by atoms with E-state index in [0.717, 1.165) is 24.0 Å². The van der Waals surface area contributed by atoms with Crippen LogP contribution in [0.1, 0.15) is 49.1 Å². The van der Waals surface area contributed by atoms with Crippen LogP contribution in [0.5, 0.6) is 5.75 Å². The van der Waals surface area contributed by atoms with Gasteiger partial charge in [0.25, 0.3) is 0 Å². The molecule has 0 bridgehead atoms. The molecule has 1 unspecified atom stereocenters. The Morgan fingerprint density at radius 2 is 2.04 bits per heavy atom. The number of carboxylic acids is 1. The minimum Gasteiger partial charge on any atom is -0.508 e. The number of benzene rings is 1. The van der Waals surface area contributed by atoms with Crippen molar-refractivity contribution in [1.82, 2.24) is 5.32 Å². The molecule has 6 heteroatoms. The number of carboxylic acid groups (broad SMARTS) is 1. The van der Waals surface area contributed by atoms with Crippen molar-refractivity contribution in [3.8, 4) is 5.75 Å². The topological polar surface area (TPSA) is 95.9 Å². The van der Waals surface area contributed by atoms with Gasteiger partial charge in [-0.2, -0.15) is 0 Å². The van der Waals surface area contributed by atoms with Crippen LogP contribution in [0, 0.1) is 0 Å². The van der Waals surface area contributed by atoms with Gasteiger partial charge in [-0.25, -0.2) is 0 Å². The number of carbonyl (C=O) groups is 2. The molecule has 0 spiro atoms. The Hall–Kier alpha value is -2.08. The molecule has 1 saturated heterocycles. The summed E-state index contributed by atoms with van der Waals surface area (Å²) in [5.41, 5.74) is 0.953. The number of phenolic OH excluding ortho intramolecular Hbond substituents is 1. The minimum absolute atomic E-state index is 0.0955. The van der Waals surface area contributed by atoms with E-state index in [1.165, 1.54) is 0 Å². The maximum absolute atomic E-state index is 12.9. The Labute approximate surface area is 140 Å². The van der Waals surface area contributed by atoms with Gasteiger partial charge >= 0.3 is 5.97 Å². The summed E-state index contributed by atoms with van der Waals surface area (Å²) in [4.78, 5) is 24.1. The number of carbonyl (C=O) groups excluding carboxylic acids is 1. The lowest BCUT2D eigenvalue weighted by molar-refractivity contribution is -0.140. The quantitative estimate of drug-likeness (QED) is 0.783. The monoisotopic (exact) mass is 333 g/mol. The lowest BCUT2D eigenvalue weighted by atomic mass is 9.80. The molecule has 0 aromatic heterocycles. The van der Waals surface area contributed by atoms with Crippen LogP contribution in [-0.4, -0.2) is 40.8 Å². The van der Waals surface area contributed by atoms with Gasteiger partial charge in [-0.15, -0.1) is 0 Å². The van der Waals surface area contributed by atoms with Crippen LogP contribution in [0.25, 0.3) is 0 Å². The Balaban J connectivity index is 1.82. The van der Waals surface area contributed by atoms with Crippen molar-refractivity contribution in [2.24, 2.45) is 0 Å². The summed E-state index contributed by atoms with van der Waals surface area (Å²) in [5, 5.41) is 22.3. The Morgan fingerprint density at radius 3 is 2.75 bits per heavy atom. The lowest BCUT2D eigenvalue weighted by Gasteiger charge is -2.38. The Bertz CT molecular complexity index is 636. The first kappa shape index (κ1) is 16.8. The van der Waals surface area contributed by atoms with Crippen molar-refractivity contribution in [1.29, 1.82) is 0 Å². The fraction of sp³-hybridized carbons (Fsp3) is 0.556. The van der Waals surface area contributed by atoms with Crippen LogP contribution in [0.2, 0.25) is 0 Å². The van der Waals surface area contributed by atoms with Crippen molar-refractivity contribution < 1.29 is 24.5 Å². The van der Waals surface area contributed by atoms with Gasteiger partial charge in [0.05, 0.1) is 17.9 Å². The molecule has 1 aliphatic carbocycles. The van der Waals surface area contributed by atoms with Crippen molar-refractivity contribution in [3.63, 3.8) is 0 Å². The Kier molecular flexibility index (Phi) is 4.76. The molecule has 1 amide bonds. The largest absolute Gasteiger partial charge is 0.508 e. The molecule has 24 heavy (non-hydrogen) atoms.